The molecule has 0 aliphatic carbocycles. The van der Waals surface area contributed by atoms with Crippen molar-refractivity contribution in [3.8, 4) is 0 Å². The molecule has 2 aromatic carbocycles. The molecule has 0 radical (unpaired) electrons. The highest BCUT2D eigenvalue weighted by Gasteiger charge is 2.27. The molecule has 1 aliphatic rings. The highest BCUT2D eigenvalue weighted by Crippen LogP contribution is 2.26. The molecule has 1 N–H and O–H groups in total. The third-order valence-electron chi connectivity index (χ3n) is 4.93. The van der Waals surface area contributed by atoms with E-state index in [1.165, 1.54) is 4.57 Å². The molecule has 7 nitrogen and oxygen atoms in total. The zero-order valence-corrected chi connectivity index (χ0v) is 15.8. The summed E-state index contributed by atoms with van der Waals surface area (Å²) in [6.07, 6.45) is 0. The van der Waals surface area contributed by atoms with E-state index in [4.69, 9.17) is 0 Å². The molecular weight excluding hydrogens is 354 g/mol. The largest absolute Gasteiger partial charge is 0.344 e. The Bertz CT molecular complexity index is 1060. The normalized spacial score (nSPS) is 13.9. The molecule has 0 spiro atoms. The topological polar surface area (TPSA) is 80.1 Å². The minimum absolute atomic E-state index is 0.183. The number of fused-ring (bicyclic) bond motifs is 1. The fraction of sp³-hybridized carbons (Fsp3) is 0.238. The summed E-state index contributed by atoms with van der Waals surface area (Å²) in [4.78, 5) is 27.4. The van der Waals surface area contributed by atoms with Crippen LogP contribution in [0.2, 0.25) is 0 Å². The number of hydrogen-bond donors (Lipinski definition) is 1. The van der Waals surface area contributed by atoms with Gasteiger partial charge in [0.15, 0.2) is 0 Å². The lowest BCUT2D eigenvalue weighted by molar-refractivity contribution is 0.0931. The Labute approximate surface area is 162 Å². The first-order valence-corrected chi connectivity index (χ1v) is 9.22. The van der Waals surface area contributed by atoms with Gasteiger partial charge >= 0.3 is 0 Å². The van der Waals surface area contributed by atoms with Crippen LogP contribution in [0, 0.1) is 6.92 Å². The Balaban J connectivity index is 1.59. The third-order valence-corrected chi connectivity index (χ3v) is 4.93. The second-order valence-corrected chi connectivity index (χ2v) is 6.90. The van der Waals surface area contributed by atoms with Gasteiger partial charge in [0.2, 0.25) is 11.6 Å². The summed E-state index contributed by atoms with van der Waals surface area (Å²) >= 11 is 0. The monoisotopic (exact) mass is 375 g/mol. The van der Waals surface area contributed by atoms with Gasteiger partial charge < -0.3 is 10.2 Å². The van der Waals surface area contributed by atoms with Crippen molar-refractivity contribution in [2.24, 2.45) is 0 Å². The number of benzene rings is 2. The Morgan fingerprint density at radius 1 is 1.04 bits per heavy atom. The number of nitrogens with zero attached hydrogens (tertiary/aromatic N) is 4. The second-order valence-electron chi connectivity index (χ2n) is 6.90. The van der Waals surface area contributed by atoms with E-state index in [9.17, 15) is 9.59 Å². The van der Waals surface area contributed by atoms with Crippen molar-refractivity contribution < 1.29 is 4.79 Å². The highest BCUT2D eigenvalue weighted by atomic mass is 16.2. The predicted molar refractivity (Wildman–Crippen MR) is 107 cm³/mol. The van der Waals surface area contributed by atoms with Gasteiger partial charge in [0.05, 0.1) is 6.04 Å². The predicted octanol–water partition coefficient (Wildman–Crippen LogP) is 2.59. The summed E-state index contributed by atoms with van der Waals surface area (Å²) < 4.78 is 1.51. The van der Waals surface area contributed by atoms with Crippen LogP contribution in [0.4, 0.5) is 11.6 Å². The van der Waals surface area contributed by atoms with Gasteiger partial charge in [0, 0.05) is 18.8 Å². The van der Waals surface area contributed by atoms with E-state index in [1.54, 1.807) is 0 Å². The molecule has 0 bridgehead atoms. The first-order chi connectivity index (χ1) is 13.5. The Kier molecular flexibility index (Phi) is 4.65. The molecule has 1 atom stereocenters. The fourth-order valence-electron chi connectivity index (χ4n) is 3.31. The molecule has 0 saturated carbocycles. The van der Waals surface area contributed by atoms with E-state index in [0.717, 1.165) is 16.8 Å². The van der Waals surface area contributed by atoms with Crippen LogP contribution in [0.1, 0.15) is 34.6 Å². The zero-order valence-electron chi connectivity index (χ0n) is 15.8. The number of nitrogens with one attached hydrogen (secondary N) is 1. The summed E-state index contributed by atoms with van der Waals surface area (Å²) in [6, 6.07) is 17.3. The van der Waals surface area contributed by atoms with Crippen LogP contribution in [0.3, 0.4) is 0 Å². The molecule has 1 amide bonds. The van der Waals surface area contributed by atoms with E-state index in [2.05, 4.69) is 15.5 Å². The molecule has 1 aliphatic heterocycles. The van der Waals surface area contributed by atoms with Crippen LogP contribution in [0.5, 0.6) is 0 Å². The highest BCUT2D eigenvalue weighted by molar-refractivity contribution is 5.92. The minimum atomic E-state index is -0.516. The zero-order chi connectivity index (χ0) is 19.7. The Morgan fingerprint density at radius 2 is 1.75 bits per heavy atom. The first-order valence-electron chi connectivity index (χ1n) is 9.22. The second kappa shape index (κ2) is 7.26. The average molecular weight is 375 g/mol. The molecule has 7 heteroatoms. The van der Waals surface area contributed by atoms with Crippen molar-refractivity contribution in [3.63, 3.8) is 0 Å². The van der Waals surface area contributed by atoms with Crippen molar-refractivity contribution in [3.05, 3.63) is 81.8 Å². The van der Waals surface area contributed by atoms with Crippen molar-refractivity contribution in [2.75, 3.05) is 11.4 Å². The lowest BCUT2D eigenvalue weighted by Crippen LogP contribution is -2.36. The van der Waals surface area contributed by atoms with Gasteiger partial charge in [0.1, 0.15) is 0 Å². The van der Waals surface area contributed by atoms with Crippen LogP contribution in [-0.2, 0) is 6.54 Å². The first kappa shape index (κ1) is 17.9. The molecule has 4 rings (SSSR count). The molecule has 2 heterocycles. The molecule has 3 aromatic rings. The number of carbonyl (C=O) groups is 1. The van der Waals surface area contributed by atoms with Crippen molar-refractivity contribution in [2.45, 2.75) is 26.4 Å². The molecule has 1 aromatic heterocycles. The maximum absolute atomic E-state index is 12.8. The van der Waals surface area contributed by atoms with E-state index in [1.807, 2.05) is 73.3 Å². The number of rotatable bonds is 4. The van der Waals surface area contributed by atoms with Gasteiger partial charge in [-0.15, -0.1) is 10.2 Å². The quantitative estimate of drug-likeness (QED) is 0.758. The third kappa shape index (κ3) is 3.26. The van der Waals surface area contributed by atoms with Gasteiger partial charge in [-0.05, 0) is 31.5 Å². The van der Waals surface area contributed by atoms with Gasteiger partial charge in [0.25, 0.3) is 11.5 Å². The van der Waals surface area contributed by atoms with Gasteiger partial charge in [-0.2, -0.15) is 0 Å². The van der Waals surface area contributed by atoms with E-state index >= 15 is 0 Å². The minimum Gasteiger partial charge on any atom is -0.344 e. The number of carbonyl (C=O) groups excluding carboxylic acids is 1. The van der Waals surface area contributed by atoms with Gasteiger partial charge in [-0.1, -0.05) is 48.0 Å². The SMILES string of the molecule is Cc1ccc(N2CCn3c2nnc(C(=O)N[C@H](C)c2ccccc2)c3=O)cc1. The van der Waals surface area contributed by atoms with Crippen molar-refractivity contribution in [1.82, 2.24) is 20.1 Å². The van der Waals surface area contributed by atoms with Crippen LogP contribution in [-0.4, -0.2) is 27.2 Å². The van der Waals surface area contributed by atoms with Crippen molar-refractivity contribution in [1.29, 1.82) is 0 Å². The number of anilines is 2. The van der Waals surface area contributed by atoms with E-state index in [0.29, 0.717) is 19.0 Å². The Morgan fingerprint density at radius 3 is 2.46 bits per heavy atom. The van der Waals surface area contributed by atoms with Crippen LogP contribution < -0.4 is 15.8 Å². The average Bonchev–Trinajstić information content (AvgIpc) is 3.14. The van der Waals surface area contributed by atoms with Crippen LogP contribution in [0.15, 0.2) is 59.4 Å². The molecule has 0 saturated heterocycles. The molecule has 0 unspecified atom stereocenters. The number of hydrogen-bond acceptors (Lipinski definition) is 5. The number of amides is 1. The number of aromatic nitrogens is 3. The molecule has 28 heavy (non-hydrogen) atoms. The van der Waals surface area contributed by atoms with Crippen molar-refractivity contribution >= 4 is 17.5 Å². The summed E-state index contributed by atoms with van der Waals surface area (Å²) in [5.74, 6) is -0.0561. The van der Waals surface area contributed by atoms with Gasteiger partial charge in [-0.3, -0.25) is 14.2 Å². The summed E-state index contributed by atoms with van der Waals surface area (Å²) in [5.41, 5.74) is 2.46. The maximum atomic E-state index is 12.8. The Hall–Kier alpha value is -3.48. The number of aryl methyl sites for hydroxylation is 1. The smallest absolute Gasteiger partial charge is 0.286 e. The van der Waals surface area contributed by atoms with Gasteiger partial charge in [-0.25, -0.2) is 0 Å². The standard InChI is InChI=1S/C21H21N5O2/c1-14-8-10-17(11-9-14)25-12-13-26-20(28)18(23-24-21(25)26)19(27)22-15(2)16-6-4-3-5-7-16/h3-11,15H,12-13H2,1-2H3,(H,22,27)/t15-/m1/s1. The molecule has 0 fully saturated rings. The summed E-state index contributed by atoms with van der Waals surface area (Å²) in [5, 5.41) is 11.0. The lowest BCUT2D eigenvalue weighted by Gasteiger charge is -2.17. The molecular formula is C21H21N5O2. The van der Waals surface area contributed by atoms with E-state index in [-0.39, 0.29) is 11.7 Å². The van der Waals surface area contributed by atoms with Crippen LogP contribution >= 0.6 is 0 Å². The molecule has 142 valence electrons. The summed E-state index contributed by atoms with van der Waals surface area (Å²) in [7, 11) is 0. The fourth-order valence-corrected chi connectivity index (χ4v) is 3.31. The van der Waals surface area contributed by atoms with E-state index < -0.39 is 11.5 Å². The maximum Gasteiger partial charge on any atom is 0.286 e. The van der Waals surface area contributed by atoms with Crippen LogP contribution in [0.25, 0.3) is 0 Å². The lowest BCUT2D eigenvalue weighted by atomic mass is 10.1. The summed E-state index contributed by atoms with van der Waals surface area (Å²) in [6.45, 7) is 4.96.